The Morgan fingerprint density at radius 3 is 2.89 bits per heavy atom. The number of methoxy groups -OCH3 is 1. The second-order valence-electron chi connectivity index (χ2n) is 3.64. The third-order valence-corrected chi connectivity index (χ3v) is 2.40. The van der Waals surface area contributed by atoms with Crippen molar-refractivity contribution in [3.63, 3.8) is 0 Å². The third-order valence-electron chi connectivity index (χ3n) is 2.40. The number of hydrogen-bond donors (Lipinski definition) is 0. The van der Waals surface area contributed by atoms with Crippen LogP contribution in [0.3, 0.4) is 0 Å². The van der Waals surface area contributed by atoms with Crippen LogP contribution in [0.1, 0.15) is 11.3 Å². The van der Waals surface area contributed by atoms with Gasteiger partial charge in [-0.05, 0) is 6.07 Å². The van der Waals surface area contributed by atoms with Crippen LogP contribution < -0.4 is 4.74 Å². The zero-order chi connectivity index (χ0) is 12.8. The van der Waals surface area contributed by atoms with Gasteiger partial charge in [0.05, 0.1) is 13.5 Å². The summed E-state index contributed by atoms with van der Waals surface area (Å²) < 4.78 is 14.9. The minimum absolute atomic E-state index is 0.186. The van der Waals surface area contributed by atoms with Crippen LogP contribution in [0, 0.1) is 0 Å². The van der Waals surface area contributed by atoms with Gasteiger partial charge in [0, 0.05) is 11.6 Å². The van der Waals surface area contributed by atoms with E-state index >= 15 is 0 Å². The van der Waals surface area contributed by atoms with E-state index in [2.05, 4.69) is 9.89 Å². The predicted octanol–water partition coefficient (Wildman–Crippen LogP) is 1.97. The number of nitrogens with zero attached hydrogens (tertiary/aromatic N) is 1. The number of benzene rings is 1. The van der Waals surface area contributed by atoms with Gasteiger partial charge >= 0.3 is 5.97 Å². The lowest BCUT2D eigenvalue weighted by molar-refractivity contribution is -0.139. The van der Waals surface area contributed by atoms with Crippen molar-refractivity contribution in [1.82, 2.24) is 5.16 Å². The monoisotopic (exact) mass is 247 g/mol. The molecule has 18 heavy (non-hydrogen) atoms. The summed E-state index contributed by atoms with van der Waals surface area (Å²) in [6.07, 6.45) is 1.67. The summed E-state index contributed by atoms with van der Waals surface area (Å²) in [6.45, 7) is 0.300. The van der Waals surface area contributed by atoms with E-state index in [1.165, 1.54) is 13.4 Å². The molecule has 1 aromatic carbocycles. The summed E-state index contributed by atoms with van der Waals surface area (Å²) in [6, 6.07) is 9.05. The van der Waals surface area contributed by atoms with Gasteiger partial charge in [-0.3, -0.25) is 4.79 Å². The van der Waals surface area contributed by atoms with Gasteiger partial charge in [0.2, 0.25) is 0 Å². The highest BCUT2D eigenvalue weighted by molar-refractivity contribution is 5.73. The molecule has 0 saturated heterocycles. The maximum atomic E-state index is 11.3. The summed E-state index contributed by atoms with van der Waals surface area (Å²) >= 11 is 0. The summed E-state index contributed by atoms with van der Waals surface area (Å²) in [4.78, 5) is 11.3. The average Bonchev–Trinajstić information content (AvgIpc) is 2.91. The van der Waals surface area contributed by atoms with Crippen molar-refractivity contribution in [3.05, 3.63) is 47.9 Å². The fourth-order valence-corrected chi connectivity index (χ4v) is 1.48. The first-order valence-electron chi connectivity index (χ1n) is 5.46. The quantitative estimate of drug-likeness (QED) is 0.756. The molecule has 0 fully saturated rings. The Balaban J connectivity index is 2.05. The summed E-state index contributed by atoms with van der Waals surface area (Å²) in [7, 11) is 1.36. The largest absolute Gasteiger partial charge is 0.487 e. The van der Waals surface area contributed by atoms with Gasteiger partial charge in [-0.2, -0.15) is 0 Å². The Morgan fingerprint density at radius 2 is 2.17 bits per heavy atom. The molecule has 1 aromatic heterocycles. The van der Waals surface area contributed by atoms with Crippen LogP contribution in [0.5, 0.6) is 5.75 Å². The molecule has 5 nitrogen and oxygen atoms in total. The van der Waals surface area contributed by atoms with Crippen LogP contribution in [0.15, 0.2) is 41.1 Å². The van der Waals surface area contributed by atoms with Gasteiger partial charge in [-0.15, -0.1) is 0 Å². The molecule has 5 heteroatoms. The lowest BCUT2D eigenvalue weighted by atomic mass is 10.1. The fraction of sp³-hybridized carbons (Fsp3) is 0.231. The SMILES string of the molecule is COC(=O)Cc1ccccc1OCc1ccon1. The summed E-state index contributed by atoms with van der Waals surface area (Å²) in [5, 5.41) is 3.75. The average molecular weight is 247 g/mol. The minimum Gasteiger partial charge on any atom is -0.487 e. The molecule has 0 aliphatic carbocycles. The fourth-order valence-electron chi connectivity index (χ4n) is 1.48. The van der Waals surface area contributed by atoms with Crippen molar-refractivity contribution >= 4 is 5.97 Å². The molecule has 0 aliphatic rings. The van der Waals surface area contributed by atoms with E-state index in [1.807, 2.05) is 18.2 Å². The number of esters is 1. The standard InChI is InChI=1S/C13H13NO4/c1-16-13(15)8-10-4-2-3-5-12(10)17-9-11-6-7-18-14-11/h2-7H,8-9H2,1H3. The number of carbonyl (C=O) groups is 1. The molecule has 0 radical (unpaired) electrons. The molecular weight excluding hydrogens is 234 g/mol. The summed E-state index contributed by atoms with van der Waals surface area (Å²) in [5.74, 6) is 0.346. The molecule has 0 amide bonds. The zero-order valence-corrected chi connectivity index (χ0v) is 9.96. The third kappa shape index (κ3) is 3.10. The Kier molecular flexibility index (Phi) is 3.96. The Morgan fingerprint density at radius 1 is 1.33 bits per heavy atom. The number of carbonyl (C=O) groups excluding carboxylic acids is 1. The van der Waals surface area contributed by atoms with Crippen LogP contribution in [0.2, 0.25) is 0 Å². The molecule has 0 aliphatic heterocycles. The Labute approximate surface area is 104 Å². The smallest absolute Gasteiger partial charge is 0.310 e. The molecule has 94 valence electrons. The number of rotatable bonds is 5. The van der Waals surface area contributed by atoms with Gasteiger partial charge in [0.25, 0.3) is 0 Å². The molecule has 0 N–H and O–H groups in total. The van der Waals surface area contributed by atoms with Crippen molar-refractivity contribution in [2.75, 3.05) is 7.11 Å². The van der Waals surface area contributed by atoms with Crippen molar-refractivity contribution < 1.29 is 18.8 Å². The first-order chi connectivity index (χ1) is 8.79. The van der Waals surface area contributed by atoms with Crippen LogP contribution in [0.4, 0.5) is 0 Å². The van der Waals surface area contributed by atoms with E-state index in [4.69, 9.17) is 9.26 Å². The van der Waals surface area contributed by atoms with Crippen molar-refractivity contribution in [2.45, 2.75) is 13.0 Å². The maximum absolute atomic E-state index is 11.3. The molecule has 0 atom stereocenters. The van der Waals surface area contributed by atoms with E-state index in [-0.39, 0.29) is 12.4 Å². The van der Waals surface area contributed by atoms with Crippen molar-refractivity contribution in [3.8, 4) is 5.75 Å². The van der Waals surface area contributed by atoms with Gasteiger partial charge in [-0.25, -0.2) is 0 Å². The van der Waals surface area contributed by atoms with Crippen molar-refractivity contribution in [1.29, 1.82) is 0 Å². The van der Waals surface area contributed by atoms with Gasteiger partial charge in [0.15, 0.2) is 0 Å². The number of hydrogen-bond acceptors (Lipinski definition) is 5. The number of aromatic nitrogens is 1. The first-order valence-corrected chi connectivity index (χ1v) is 5.46. The molecule has 0 saturated carbocycles. The van der Waals surface area contributed by atoms with Crippen LogP contribution in [-0.2, 0) is 22.6 Å². The molecule has 0 unspecified atom stereocenters. The van der Waals surface area contributed by atoms with Gasteiger partial charge in [-0.1, -0.05) is 23.4 Å². The van der Waals surface area contributed by atoms with E-state index in [0.717, 1.165) is 5.56 Å². The van der Waals surface area contributed by atoms with Gasteiger partial charge in [0.1, 0.15) is 24.3 Å². The Hall–Kier alpha value is -2.30. The lowest BCUT2D eigenvalue weighted by Gasteiger charge is -2.09. The molecule has 2 rings (SSSR count). The first kappa shape index (κ1) is 12.2. The normalized spacial score (nSPS) is 10.1. The van der Waals surface area contributed by atoms with E-state index in [0.29, 0.717) is 18.1 Å². The van der Waals surface area contributed by atoms with E-state index in [1.54, 1.807) is 12.1 Å². The maximum Gasteiger partial charge on any atom is 0.310 e. The van der Waals surface area contributed by atoms with Crippen LogP contribution >= 0.6 is 0 Å². The molecule has 0 spiro atoms. The molecule has 0 bridgehead atoms. The topological polar surface area (TPSA) is 61.6 Å². The van der Waals surface area contributed by atoms with Crippen LogP contribution in [0.25, 0.3) is 0 Å². The molecular formula is C13H13NO4. The minimum atomic E-state index is -0.299. The zero-order valence-electron chi connectivity index (χ0n) is 9.96. The van der Waals surface area contributed by atoms with Crippen molar-refractivity contribution in [2.24, 2.45) is 0 Å². The number of ether oxygens (including phenoxy) is 2. The highest BCUT2D eigenvalue weighted by Gasteiger charge is 2.09. The second-order valence-corrected chi connectivity index (χ2v) is 3.64. The van der Waals surface area contributed by atoms with E-state index < -0.39 is 0 Å². The second kappa shape index (κ2) is 5.86. The molecule has 1 heterocycles. The van der Waals surface area contributed by atoms with Gasteiger partial charge < -0.3 is 14.0 Å². The highest BCUT2D eigenvalue weighted by Crippen LogP contribution is 2.20. The number of para-hydroxylation sites is 1. The lowest BCUT2D eigenvalue weighted by Crippen LogP contribution is -2.06. The summed E-state index contributed by atoms with van der Waals surface area (Å²) in [5.41, 5.74) is 1.48. The highest BCUT2D eigenvalue weighted by atomic mass is 16.5. The molecule has 2 aromatic rings. The van der Waals surface area contributed by atoms with Crippen LogP contribution in [-0.4, -0.2) is 18.2 Å². The van der Waals surface area contributed by atoms with E-state index in [9.17, 15) is 4.79 Å². The predicted molar refractivity (Wildman–Crippen MR) is 63.0 cm³/mol. The Bertz CT molecular complexity index is 507.